The molecule has 2 aromatic carbocycles. The van der Waals surface area contributed by atoms with E-state index in [1.165, 1.54) is 12.1 Å². The summed E-state index contributed by atoms with van der Waals surface area (Å²) < 4.78 is 40.8. The molecule has 2 aromatic heterocycles. The van der Waals surface area contributed by atoms with E-state index < -0.39 is 17.6 Å². The lowest BCUT2D eigenvalue weighted by molar-refractivity contribution is -0.137. The average Bonchev–Trinajstić information content (AvgIpc) is 3.38. The number of nitrogens with one attached hydrogen (secondary N) is 1. The Bertz CT molecular complexity index is 1420. The number of alkyl halides is 3. The summed E-state index contributed by atoms with van der Waals surface area (Å²) in [4.78, 5) is 13.8. The van der Waals surface area contributed by atoms with Gasteiger partial charge >= 0.3 is 6.18 Å². The Hall–Kier alpha value is -4.46. The van der Waals surface area contributed by atoms with Gasteiger partial charge in [-0.05, 0) is 42.3 Å². The van der Waals surface area contributed by atoms with Crippen LogP contribution in [0, 0.1) is 25.2 Å². The number of benzene rings is 2. The van der Waals surface area contributed by atoms with Crippen molar-refractivity contribution in [2.75, 3.05) is 5.32 Å². The van der Waals surface area contributed by atoms with Gasteiger partial charge in [-0.25, -0.2) is 0 Å². The lowest BCUT2D eigenvalue weighted by Gasteiger charge is -2.13. The lowest BCUT2D eigenvalue weighted by Crippen LogP contribution is -2.23. The van der Waals surface area contributed by atoms with E-state index in [1.807, 2.05) is 48.7 Å². The first kappa shape index (κ1) is 23.7. The van der Waals surface area contributed by atoms with Gasteiger partial charge in [0.15, 0.2) is 0 Å². The van der Waals surface area contributed by atoms with Crippen LogP contribution >= 0.6 is 0 Å². The van der Waals surface area contributed by atoms with E-state index in [9.17, 15) is 23.2 Å². The van der Waals surface area contributed by atoms with Crippen molar-refractivity contribution in [1.29, 1.82) is 5.26 Å². The number of aromatic nitrogens is 5. The summed E-state index contributed by atoms with van der Waals surface area (Å²) in [6.07, 6.45) is -4.50. The predicted molar refractivity (Wildman–Crippen MR) is 121 cm³/mol. The summed E-state index contributed by atoms with van der Waals surface area (Å²) in [5.41, 5.74) is 2.23. The normalized spacial score (nSPS) is 11.3. The van der Waals surface area contributed by atoms with Gasteiger partial charge in [-0.1, -0.05) is 42.5 Å². The fraction of sp³-hybridized carbons (Fsp3) is 0.208. The minimum atomic E-state index is -4.50. The Balaban J connectivity index is 1.55. The molecule has 2 heterocycles. The second-order valence-corrected chi connectivity index (χ2v) is 7.89. The highest BCUT2D eigenvalue weighted by Crippen LogP contribution is 2.31. The number of hydrogen-bond acceptors (Lipinski definition) is 5. The first-order chi connectivity index (χ1) is 16.7. The molecule has 35 heavy (non-hydrogen) atoms. The standard InChI is InChI=1S/C24H20F3N7O/c1-15-16(2)33(13-17-7-4-3-5-8-17)23(20(15)12-28)29-21(35)14-34-31-22(30-32-34)18-9-6-10-19(11-18)24(25,26)27/h3-11H,13-14H2,1-2H3,(H,29,35). The van der Waals surface area contributed by atoms with E-state index in [4.69, 9.17) is 0 Å². The third-order valence-electron chi connectivity index (χ3n) is 5.57. The number of rotatable bonds is 6. The number of halogens is 3. The van der Waals surface area contributed by atoms with Gasteiger partial charge in [0, 0.05) is 17.8 Å². The van der Waals surface area contributed by atoms with Gasteiger partial charge in [-0.2, -0.15) is 23.2 Å². The number of tetrazole rings is 1. The molecular weight excluding hydrogens is 459 g/mol. The summed E-state index contributed by atoms with van der Waals surface area (Å²) in [6, 6.07) is 16.3. The van der Waals surface area contributed by atoms with Gasteiger partial charge < -0.3 is 9.88 Å². The van der Waals surface area contributed by atoms with Crippen molar-refractivity contribution in [2.45, 2.75) is 33.1 Å². The van der Waals surface area contributed by atoms with E-state index in [2.05, 4.69) is 26.8 Å². The van der Waals surface area contributed by atoms with Crippen molar-refractivity contribution in [3.05, 3.63) is 82.5 Å². The Kier molecular flexibility index (Phi) is 6.38. The second-order valence-electron chi connectivity index (χ2n) is 7.89. The van der Waals surface area contributed by atoms with Crippen molar-refractivity contribution in [3.63, 3.8) is 0 Å². The molecule has 1 amide bonds. The Morgan fingerprint density at radius 3 is 2.54 bits per heavy atom. The fourth-order valence-electron chi connectivity index (χ4n) is 3.65. The van der Waals surface area contributed by atoms with Crippen LogP contribution in [0.15, 0.2) is 54.6 Å². The maximum atomic E-state index is 13.0. The summed E-state index contributed by atoms with van der Waals surface area (Å²) in [5.74, 6) is -0.198. The highest BCUT2D eigenvalue weighted by atomic mass is 19.4. The van der Waals surface area contributed by atoms with Crippen molar-refractivity contribution in [2.24, 2.45) is 0 Å². The molecule has 0 atom stereocenters. The van der Waals surface area contributed by atoms with Crippen molar-refractivity contribution < 1.29 is 18.0 Å². The number of nitrogens with zero attached hydrogens (tertiary/aromatic N) is 6. The van der Waals surface area contributed by atoms with Crippen LogP contribution in [0.25, 0.3) is 11.4 Å². The van der Waals surface area contributed by atoms with Gasteiger partial charge in [-0.3, -0.25) is 4.79 Å². The Labute approximate surface area is 198 Å². The van der Waals surface area contributed by atoms with Crippen LogP contribution in [-0.2, 0) is 24.1 Å². The number of carbonyl (C=O) groups is 1. The van der Waals surface area contributed by atoms with Crippen LogP contribution in [0.2, 0.25) is 0 Å². The number of anilines is 1. The van der Waals surface area contributed by atoms with Gasteiger partial charge in [-0.15, -0.1) is 10.2 Å². The van der Waals surface area contributed by atoms with Crippen molar-refractivity contribution >= 4 is 11.7 Å². The Morgan fingerprint density at radius 2 is 1.86 bits per heavy atom. The van der Waals surface area contributed by atoms with Crippen molar-refractivity contribution in [1.82, 2.24) is 24.8 Å². The number of amides is 1. The highest BCUT2D eigenvalue weighted by Gasteiger charge is 2.30. The molecule has 4 rings (SSSR count). The molecule has 4 aromatic rings. The quantitative estimate of drug-likeness (QED) is 0.444. The minimum absolute atomic E-state index is 0.0410. The maximum absolute atomic E-state index is 13.0. The first-order valence-corrected chi connectivity index (χ1v) is 10.6. The van der Waals surface area contributed by atoms with Gasteiger partial charge in [0.1, 0.15) is 18.4 Å². The van der Waals surface area contributed by atoms with Crippen LogP contribution in [0.5, 0.6) is 0 Å². The number of carbonyl (C=O) groups excluding carboxylic acids is 1. The van der Waals surface area contributed by atoms with Gasteiger partial charge in [0.25, 0.3) is 0 Å². The van der Waals surface area contributed by atoms with E-state index in [-0.39, 0.29) is 17.9 Å². The molecule has 0 radical (unpaired) electrons. The molecule has 0 spiro atoms. The molecule has 0 unspecified atom stereocenters. The fourth-order valence-corrected chi connectivity index (χ4v) is 3.65. The molecule has 0 fully saturated rings. The maximum Gasteiger partial charge on any atom is 0.416 e. The topological polar surface area (TPSA) is 101 Å². The van der Waals surface area contributed by atoms with Crippen LogP contribution in [0.1, 0.15) is 27.9 Å². The van der Waals surface area contributed by atoms with Crippen LogP contribution in [0.4, 0.5) is 19.0 Å². The zero-order valence-electron chi connectivity index (χ0n) is 18.8. The van der Waals surface area contributed by atoms with Crippen molar-refractivity contribution in [3.8, 4) is 17.5 Å². The molecule has 0 saturated heterocycles. The number of hydrogen-bond donors (Lipinski definition) is 1. The third-order valence-corrected chi connectivity index (χ3v) is 5.57. The molecule has 0 aliphatic carbocycles. The summed E-state index contributed by atoms with van der Waals surface area (Å²) in [6.45, 7) is 3.79. The average molecular weight is 479 g/mol. The zero-order valence-corrected chi connectivity index (χ0v) is 18.8. The molecule has 0 saturated carbocycles. The van der Waals surface area contributed by atoms with E-state index in [0.29, 0.717) is 17.9 Å². The zero-order chi connectivity index (χ0) is 25.2. The summed E-state index contributed by atoms with van der Waals surface area (Å²) >= 11 is 0. The summed E-state index contributed by atoms with van der Waals surface area (Å²) in [7, 11) is 0. The molecule has 178 valence electrons. The van der Waals surface area contributed by atoms with Crippen LogP contribution < -0.4 is 5.32 Å². The molecule has 0 aliphatic rings. The largest absolute Gasteiger partial charge is 0.416 e. The smallest absolute Gasteiger partial charge is 0.326 e. The molecule has 0 bridgehead atoms. The molecule has 11 heteroatoms. The molecule has 0 aliphatic heterocycles. The van der Waals surface area contributed by atoms with E-state index in [0.717, 1.165) is 33.8 Å². The SMILES string of the molecule is Cc1c(C#N)c(NC(=O)Cn2nnc(-c3cccc(C(F)(F)F)c3)n2)n(Cc2ccccc2)c1C. The van der Waals surface area contributed by atoms with E-state index >= 15 is 0 Å². The van der Waals surface area contributed by atoms with Crippen LogP contribution in [0.3, 0.4) is 0 Å². The lowest BCUT2D eigenvalue weighted by atomic mass is 10.1. The molecule has 8 nitrogen and oxygen atoms in total. The van der Waals surface area contributed by atoms with Crippen LogP contribution in [-0.4, -0.2) is 30.7 Å². The minimum Gasteiger partial charge on any atom is -0.326 e. The third kappa shape index (κ3) is 5.06. The van der Waals surface area contributed by atoms with Gasteiger partial charge in [0.05, 0.1) is 11.1 Å². The monoisotopic (exact) mass is 479 g/mol. The Morgan fingerprint density at radius 1 is 1.11 bits per heavy atom. The number of nitriles is 1. The first-order valence-electron chi connectivity index (χ1n) is 10.6. The highest BCUT2D eigenvalue weighted by molar-refractivity contribution is 5.91. The summed E-state index contributed by atoms with van der Waals surface area (Å²) in [5, 5.41) is 24.0. The van der Waals surface area contributed by atoms with E-state index in [1.54, 1.807) is 0 Å². The van der Waals surface area contributed by atoms with Gasteiger partial charge in [0.2, 0.25) is 11.7 Å². The molecular formula is C24H20F3N7O. The second kappa shape index (κ2) is 9.42. The predicted octanol–water partition coefficient (Wildman–Crippen LogP) is 4.34. The molecule has 1 N–H and O–H groups in total.